The van der Waals surface area contributed by atoms with E-state index in [1.807, 2.05) is 12.1 Å². The lowest BCUT2D eigenvalue weighted by Gasteiger charge is -2.33. The summed E-state index contributed by atoms with van der Waals surface area (Å²) in [5.74, 6) is 3.22. The SMILES string of the molecule is Cn1c(CN2CCCCC2)nnc1C1CCCN(c2ncccc2C#N)C1. The molecule has 0 amide bonds. The quantitative estimate of drug-likeness (QED) is 0.829. The van der Waals surface area contributed by atoms with Crippen molar-refractivity contribution in [2.45, 2.75) is 44.6 Å². The number of hydrogen-bond acceptors (Lipinski definition) is 6. The van der Waals surface area contributed by atoms with E-state index in [1.54, 1.807) is 6.20 Å². The summed E-state index contributed by atoms with van der Waals surface area (Å²) < 4.78 is 2.19. The van der Waals surface area contributed by atoms with Gasteiger partial charge >= 0.3 is 0 Å². The number of hydrogen-bond donors (Lipinski definition) is 0. The molecule has 7 heteroatoms. The maximum Gasteiger partial charge on any atom is 0.146 e. The van der Waals surface area contributed by atoms with Crippen LogP contribution in [0, 0.1) is 11.3 Å². The zero-order valence-electron chi connectivity index (χ0n) is 16.0. The van der Waals surface area contributed by atoms with Gasteiger partial charge in [0.2, 0.25) is 0 Å². The summed E-state index contributed by atoms with van der Waals surface area (Å²) in [6.45, 7) is 4.98. The fourth-order valence-corrected chi connectivity index (χ4v) is 4.30. The predicted molar refractivity (Wildman–Crippen MR) is 103 cm³/mol. The molecule has 4 heterocycles. The van der Waals surface area contributed by atoms with Crippen LogP contribution in [-0.4, -0.2) is 50.8 Å². The molecule has 2 aromatic rings. The molecule has 1 unspecified atom stereocenters. The number of pyridine rings is 1. The molecule has 2 aliphatic heterocycles. The van der Waals surface area contributed by atoms with Gasteiger partial charge in [-0.3, -0.25) is 4.90 Å². The second-order valence-electron chi connectivity index (χ2n) is 7.64. The van der Waals surface area contributed by atoms with E-state index in [2.05, 4.69) is 42.7 Å². The maximum atomic E-state index is 9.39. The summed E-state index contributed by atoms with van der Waals surface area (Å²) in [4.78, 5) is 9.17. The Morgan fingerprint density at radius 3 is 2.81 bits per heavy atom. The highest BCUT2D eigenvalue weighted by atomic mass is 15.3. The third-order valence-corrected chi connectivity index (χ3v) is 5.81. The van der Waals surface area contributed by atoms with Crippen molar-refractivity contribution in [3.63, 3.8) is 0 Å². The van der Waals surface area contributed by atoms with Gasteiger partial charge in [0, 0.05) is 32.3 Å². The van der Waals surface area contributed by atoms with Crippen LogP contribution in [-0.2, 0) is 13.6 Å². The lowest BCUT2D eigenvalue weighted by Crippen LogP contribution is -2.36. The molecule has 2 saturated heterocycles. The Labute approximate surface area is 160 Å². The van der Waals surface area contributed by atoms with Gasteiger partial charge < -0.3 is 9.47 Å². The van der Waals surface area contributed by atoms with Crippen LogP contribution < -0.4 is 4.90 Å². The number of anilines is 1. The van der Waals surface area contributed by atoms with Crippen molar-refractivity contribution in [3.8, 4) is 6.07 Å². The van der Waals surface area contributed by atoms with E-state index >= 15 is 0 Å². The van der Waals surface area contributed by atoms with Crippen molar-refractivity contribution in [2.24, 2.45) is 7.05 Å². The molecule has 2 fully saturated rings. The van der Waals surface area contributed by atoms with E-state index in [4.69, 9.17) is 0 Å². The zero-order valence-corrected chi connectivity index (χ0v) is 16.0. The van der Waals surface area contributed by atoms with E-state index in [1.165, 1.54) is 19.3 Å². The molecule has 0 N–H and O–H groups in total. The molecule has 0 bridgehead atoms. The number of aromatic nitrogens is 4. The summed E-state index contributed by atoms with van der Waals surface area (Å²) in [6.07, 6.45) is 7.85. The normalized spacial score (nSPS) is 21.2. The topological polar surface area (TPSA) is 73.9 Å². The molecular formula is C20H27N7. The first-order chi connectivity index (χ1) is 13.3. The average Bonchev–Trinajstić information content (AvgIpc) is 3.09. The van der Waals surface area contributed by atoms with Gasteiger partial charge in [0.1, 0.15) is 23.5 Å². The third-order valence-electron chi connectivity index (χ3n) is 5.81. The largest absolute Gasteiger partial charge is 0.355 e. The van der Waals surface area contributed by atoms with Gasteiger partial charge in [-0.05, 0) is 50.9 Å². The minimum absolute atomic E-state index is 0.319. The second kappa shape index (κ2) is 8.05. The Kier molecular flexibility index (Phi) is 5.35. The van der Waals surface area contributed by atoms with Gasteiger partial charge in [-0.1, -0.05) is 6.42 Å². The average molecular weight is 365 g/mol. The Hall–Kier alpha value is -2.46. The number of nitrogens with zero attached hydrogens (tertiary/aromatic N) is 7. The van der Waals surface area contributed by atoms with Crippen LogP contribution in [0.4, 0.5) is 5.82 Å². The predicted octanol–water partition coefficient (Wildman–Crippen LogP) is 2.45. The molecule has 0 aromatic carbocycles. The summed E-state index contributed by atoms with van der Waals surface area (Å²) >= 11 is 0. The highest BCUT2D eigenvalue weighted by molar-refractivity contribution is 5.53. The van der Waals surface area contributed by atoms with Crippen molar-refractivity contribution >= 4 is 5.82 Å². The molecule has 0 radical (unpaired) electrons. The Morgan fingerprint density at radius 1 is 1.15 bits per heavy atom. The Balaban J connectivity index is 1.49. The first-order valence-corrected chi connectivity index (χ1v) is 9.97. The van der Waals surface area contributed by atoms with Crippen molar-refractivity contribution in [2.75, 3.05) is 31.1 Å². The Bertz CT molecular complexity index is 816. The molecule has 4 rings (SSSR count). The monoisotopic (exact) mass is 365 g/mol. The van der Waals surface area contributed by atoms with Crippen LogP contribution in [0.3, 0.4) is 0 Å². The first kappa shape index (κ1) is 17.9. The van der Waals surface area contributed by atoms with Gasteiger partial charge in [0.15, 0.2) is 0 Å². The zero-order chi connectivity index (χ0) is 18.6. The minimum atomic E-state index is 0.319. The smallest absolute Gasteiger partial charge is 0.146 e. The van der Waals surface area contributed by atoms with Crippen LogP contribution in [0.1, 0.15) is 55.2 Å². The lowest BCUT2D eigenvalue weighted by atomic mass is 9.96. The number of rotatable bonds is 4. The van der Waals surface area contributed by atoms with Crippen LogP contribution in [0.25, 0.3) is 0 Å². The molecule has 2 aliphatic rings. The highest BCUT2D eigenvalue weighted by Crippen LogP contribution is 2.29. The van der Waals surface area contributed by atoms with E-state index in [0.29, 0.717) is 11.5 Å². The van der Waals surface area contributed by atoms with Gasteiger partial charge in [-0.25, -0.2) is 4.98 Å². The van der Waals surface area contributed by atoms with E-state index in [0.717, 1.165) is 63.0 Å². The van der Waals surface area contributed by atoms with E-state index in [9.17, 15) is 5.26 Å². The van der Waals surface area contributed by atoms with Crippen LogP contribution in [0.15, 0.2) is 18.3 Å². The molecular weight excluding hydrogens is 338 g/mol. The van der Waals surface area contributed by atoms with Gasteiger partial charge in [-0.15, -0.1) is 10.2 Å². The summed E-state index contributed by atoms with van der Waals surface area (Å²) in [6, 6.07) is 5.92. The molecule has 0 saturated carbocycles. The number of likely N-dealkylation sites (tertiary alicyclic amines) is 1. The van der Waals surface area contributed by atoms with Gasteiger partial charge in [-0.2, -0.15) is 5.26 Å². The van der Waals surface area contributed by atoms with Gasteiger partial charge in [0.05, 0.1) is 12.1 Å². The number of nitriles is 1. The van der Waals surface area contributed by atoms with E-state index < -0.39 is 0 Å². The lowest BCUT2D eigenvalue weighted by molar-refractivity contribution is 0.213. The van der Waals surface area contributed by atoms with Crippen LogP contribution in [0.5, 0.6) is 0 Å². The fourth-order valence-electron chi connectivity index (χ4n) is 4.30. The minimum Gasteiger partial charge on any atom is -0.355 e. The molecule has 27 heavy (non-hydrogen) atoms. The van der Waals surface area contributed by atoms with Crippen LogP contribution in [0.2, 0.25) is 0 Å². The van der Waals surface area contributed by atoms with Crippen molar-refractivity contribution in [3.05, 3.63) is 35.5 Å². The van der Waals surface area contributed by atoms with Gasteiger partial charge in [0.25, 0.3) is 0 Å². The maximum absolute atomic E-state index is 9.39. The molecule has 142 valence electrons. The standard InChI is InChI=1S/C20H27N7/c1-25-18(15-26-10-3-2-4-11-26)23-24-20(25)17-8-6-12-27(14-17)19-16(13-21)7-5-9-22-19/h5,7,9,17H,2-4,6,8,10-12,14-15H2,1H3. The summed E-state index contributed by atoms with van der Waals surface area (Å²) in [5.41, 5.74) is 0.641. The fraction of sp³-hybridized carbons (Fsp3) is 0.600. The molecule has 0 spiro atoms. The Morgan fingerprint density at radius 2 is 2.00 bits per heavy atom. The highest BCUT2D eigenvalue weighted by Gasteiger charge is 2.28. The molecule has 1 atom stereocenters. The third kappa shape index (κ3) is 3.81. The second-order valence-corrected chi connectivity index (χ2v) is 7.64. The molecule has 0 aliphatic carbocycles. The van der Waals surface area contributed by atoms with Crippen molar-refractivity contribution in [1.29, 1.82) is 5.26 Å². The van der Waals surface area contributed by atoms with E-state index in [-0.39, 0.29) is 0 Å². The number of piperidine rings is 2. The van der Waals surface area contributed by atoms with Crippen molar-refractivity contribution in [1.82, 2.24) is 24.6 Å². The summed E-state index contributed by atoms with van der Waals surface area (Å²) in [7, 11) is 2.09. The molecule has 2 aromatic heterocycles. The van der Waals surface area contributed by atoms with Crippen LogP contribution >= 0.6 is 0 Å². The first-order valence-electron chi connectivity index (χ1n) is 9.97. The van der Waals surface area contributed by atoms with Crippen molar-refractivity contribution < 1.29 is 0 Å². The molecule has 7 nitrogen and oxygen atoms in total. The summed E-state index contributed by atoms with van der Waals surface area (Å²) in [5, 5.41) is 18.4.